The molecule has 2 aromatic carbocycles. The molecule has 0 saturated carbocycles. The molecule has 19 heavy (non-hydrogen) atoms. The molecule has 3 heteroatoms. The lowest BCUT2D eigenvalue weighted by molar-refractivity contribution is 0.219. The molecule has 0 aromatic heterocycles. The summed E-state index contributed by atoms with van der Waals surface area (Å²) >= 11 is 2.05. The number of hydrogen-bond acceptors (Lipinski definition) is 1. The topological polar surface area (TPSA) is 20.2 Å². The highest BCUT2D eigenvalue weighted by atomic mass is 127. The van der Waals surface area contributed by atoms with Gasteiger partial charge in [0, 0.05) is 3.57 Å². The van der Waals surface area contributed by atoms with Crippen molar-refractivity contribution in [2.45, 2.75) is 25.9 Å². The molecule has 100 valence electrons. The second-order valence-electron chi connectivity index (χ2n) is 4.89. The van der Waals surface area contributed by atoms with Crippen molar-refractivity contribution in [2.24, 2.45) is 0 Å². The fraction of sp³-hybridized carbons (Fsp3) is 0.250. The van der Waals surface area contributed by atoms with Crippen LogP contribution in [0.4, 0.5) is 4.39 Å². The standard InChI is InChI=1S/C16H16FIO/c1-10(2)11-3-5-12(6-4-11)16(19)14-8-7-13(17)9-15(14)18/h3-10,16,19H,1-2H3. The van der Waals surface area contributed by atoms with Gasteiger partial charge in [0.25, 0.3) is 0 Å². The van der Waals surface area contributed by atoms with Crippen molar-refractivity contribution in [3.05, 3.63) is 68.5 Å². The molecule has 1 nitrogen and oxygen atoms in total. The van der Waals surface area contributed by atoms with Crippen molar-refractivity contribution in [2.75, 3.05) is 0 Å². The smallest absolute Gasteiger partial charge is 0.124 e. The number of benzene rings is 2. The van der Waals surface area contributed by atoms with Gasteiger partial charge in [0.05, 0.1) is 0 Å². The van der Waals surface area contributed by atoms with Gasteiger partial charge in [-0.25, -0.2) is 4.39 Å². The van der Waals surface area contributed by atoms with Crippen molar-refractivity contribution in [3.8, 4) is 0 Å². The van der Waals surface area contributed by atoms with Crippen LogP contribution in [0.5, 0.6) is 0 Å². The Bertz CT molecular complexity index is 563. The summed E-state index contributed by atoms with van der Waals surface area (Å²) in [7, 11) is 0. The zero-order valence-electron chi connectivity index (χ0n) is 10.9. The zero-order chi connectivity index (χ0) is 14.0. The SMILES string of the molecule is CC(C)c1ccc(C(O)c2ccc(F)cc2I)cc1. The number of rotatable bonds is 3. The van der Waals surface area contributed by atoms with Gasteiger partial charge in [-0.3, -0.25) is 0 Å². The molecule has 0 saturated heterocycles. The summed E-state index contributed by atoms with van der Waals surface area (Å²) in [5, 5.41) is 10.4. The van der Waals surface area contributed by atoms with E-state index >= 15 is 0 Å². The normalized spacial score (nSPS) is 12.7. The van der Waals surface area contributed by atoms with Crippen LogP contribution in [-0.2, 0) is 0 Å². The second-order valence-corrected chi connectivity index (χ2v) is 6.05. The highest BCUT2D eigenvalue weighted by molar-refractivity contribution is 14.1. The van der Waals surface area contributed by atoms with Gasteiger partial charge in [-0.15, -0.1) is 0 Å². The molecule has 0 spiro atoms. The third-order valence-electron chi connectivity index (χ3n) is 3.18. The summed E-state index contributed by atoms with van der Waals surface area (Å²) in [5.41, 5.74) is 2.80. The Labute approximate surface area is 126 Å². The van der Waals surface area contributed by atoms with Gasteiger partial charge in [0.2, 0.25) is 0 Å². The first-order valence-corrected chi connectivity index (χ1v) is 7.30. The largest absolute Gasteiger partial charge is 0.384 e. The highest BCUT2D eigenvalue weighted by Crippen LogP contribution is 2.27. The maximum atomic E-state index is 13.1. The molecule has 0 fully saturated rings. The molecule has 1 N–H and O–H groups in total. The van der Waals surface area contributed by atoms with E-state index in [1.165, 1.54) is 17.7 Å². The van der Waals surface area contributed by atoms with Gasteiger partial charge < -0.3 is 5.11 Å². The van der Waals surface area contributed by atoms with E-state index in [-0.39, 0.29) is 5.82 Å². The number of aliphatic hydroxyl groups excluding tert-OH is 1. The first kappa shape index (κ1) is 14.5. The lowest BCUT2D eigenvalue weighted by Gasteiger charge is -2.14. The summed E-state index contributed by atoms with van der Waals surface area (Å²) in [6.45, 7) is 4.27. The van der Waals surface area contributed by atoms with Crippen LogP contribution in [0.15, 0.2) is 42.5 Å². The van der Waals surface area contributed by atoms with Crippen LogP contribution in [0.1, 0.15) is 42.6 Å². The van der Waals surface area contributed by atoms with Crippen molar-refractivity contribution in [1.29, 1.82) is 0 Å². The van der Waals surface area contributed by atoms with E-state index in [0.717, 1.165) is 14.7 Å². The Morgan fingerprint density at radius 1 is 1.00 bits per heavy atom. The molecule has 0 heterocycles. The first-order chi connectivity index (χ1) is 8.99. The summed E-state index contributed by atoms with van der Waals surface area (Å²) in [4.78, 5) is 0. The fourth-order valence-electron chi connectivity index (χ4n) is 1.97. The minimum absolute atomic E-state index is 0.282. The fourth-order valence-corrected chi connectivity index (χ4v) is 2.74. The van der Waals surface area contributed by atoms with Crippen LogP contribution >= 0.6 is 22.6 Å². The second kappa shape index (κ2) is 6.01. The van der Waals surface area contributed by atoms with Crippen molar-refractivity contribution >= 4 is 22.6 Å². The van der Waals surface area contributed by atoms with Crippen molar-refractivity contribution in [3.63, 3.8) is 0 Å². The predicted octanol–water partition coefficient (Wildman–Crippen LogP) is 4.64. The molecule has 0 aliphatic carbocycles. The Morgan fingerprint density at radius 2 is 1.58 bits per heavy atom. The van der Waals surface area contributed by atoms with Crippen LogP contribution in [0.25, 0.3) is 0 Å². The molecule has 0 radical (unpaired) electrons. The number of hydrogen-bond donors (Lipinski definition) is 1. The molecule has 2 rings (SSSR count). The monoisotopic (exact) mass is 370 g/mol. The van der Waals surface area contributed by atoms with Gasteiger partial charge in [0.15, 0.2) is 0 Å². The van der Waals surface area contributed by atoms with Gasteiger partial charge in [-0.1, -0.05) is 44.2 Å². The molecule has 1 atom stereocenters. The molecule has 1 unspecified atom stereocenters. The van der Waals surface area contributed by atoms with Crippen LogP contribution in [0, 0.1) is 9.39 Å². The molecule has 2 aromatic rings. The third kappa shape index (κ3) is 3.34. The maximum absolute atomic E-state index is 13.1. The zero-order valence-corrected chi connectivity index (χ0v) is 13.1. The number of aliphatic hydroxyl groups is 1. The lowest BCUT2D eigenvalue weighted by atomic mass is 9.97. The Hall–Kier alpha value is -0.940. The van der Waals surface area contributed by atoms with Gasteiger partial charge in [-0.2, -0.15) is 0 Å². The number of halogens is 2. The van der Waals surface area contributed by atoms with Gasteiger partial charge >= 0.3 is 0 Å². The Morgan fingerprint density at radius 3 is 2.11 bits per heavy atom. The third-order valence-corrected chi connectivity index (χ3v) is 4.11. The van der Waals surface area contributed by atoms with Crippen molar-refractivity contribution < 1.29 is 9.50 Å². The van der Waals surface area contributed by atoms with Crippen LogP contribution < -0.4 is 0 Å². The van der Waals surface area contributed by atoms with E-state index in [1.54, 1.807) is 6.07 Å². The predicted molar refractivity (Wildman–Crippen MR) is 83.7 cm³/mol. The van der Waals surface area contributed by atoms with E-state index in [2.05, 4.69) is 13.8 Å². The van der Waals surface area contributed by atoms with Crippen LogP contribution in [0.2, 0.25) is 0 Å². The Kier molecular flexibility index (Phi) is 4.58. The van der Waals surface area contributed by atoms with Crippen molar-refractivity contribution in [1.82, 2.24) is 0 Å². The van der Waals surface area contributed by atoms with Crippen LogP contribution in [0.3, 0.4) is 0 Å². The first-order valence-electron chi connectivity index (χ1n) is 6.22. The molecule has 0 bridgehead atoms. The van der Waals surface area contributed by atoms with E-state index in [4.69, 9.17) is 0 Å². The average Bonchev–Trinajstić information content (AvgIpc) is 2.38. The summed E-state index contributed by atoms with van der Waals surface area (Å²) in [5.74, 6) is 0.188. The molecular weight excluding hydrogens is 354 g/mol. The van der Waals surface area contributed by atoms with E-state index in [0.29, 0.717) is 5.92 Å². The summed E-state index contributed by atoms with van der Waals surface area (Å²) < 4.78 is 13.8. The molecule has 0 amide bonds. The minimum atomic E-state index is -0.714. The Balaban J connectivity index is 2.30. The van der Waals surface area contributed by atoms with E-state index in [1.807, 2.05) is 46.9 Å². The minimum Gasteiger partial charge on any atom is -0.384 e. The van der Waals surface area contributed by atoms with E-state index < -0.39 is 6.10 Å². The molecular formula is C16H16FIO. The maximum Gasteiger partial charge on any atom is 0.124 e. The average molecular weight is 370 g/mol. The van der Waals surface area contributed by atoms with Gasteiger partial charge in [0.1, 0.15) is 11.9 Å². The molecule has 0 aliphatic rings. The lowest BCUT2D eigenvalue weighted by Crippen LogP contribution is -2.02. The van der Waals surface area contributed by atoms with E-state index in [9.17, 15) is 9.50 Å². The molecule has 0 aliphatic heterocycles. The van der Waals surface area contributed by atoms with Gasteiger partial charge in [-0.05, 0) is 57.3 Å². The summed E-state index contributed by atoms with van der Waals surface area (Å²) in [6.07, 6.45) is -0.714. The highest BCUT2D eigenvalue weighted by Gasteiger charge is 2.14. The van der Waals surface area contributed by atoms with Crippen LogP contribution in [-0.4, -0.2) is 5.11 Å². The summed E-state index contributed by atoms with van der Waals surface area (Å²) in [6, 6.07) is 12.4. The quantitative estimate of drug-likeness (QED) is 0.781.